The zero-order chi connectivity index (χ0) is 10.0. The molecule has 13 heavy (non-hydrogen) atoms. The Kier molecular flexibility index (Phi) is 3.80. The highest BCUT2D eigenvalue weighted by Gasteiger charge is 2.12. The molecule has 0 saturated heterocycles. The minimum atomic E-state index is 0.277. The summed E-state index contributed by atoms with van der Waals surface area (Å²) in [5.41, 5.74) is 1.23. The highest BCUT2D eigenvalue weighted by atomic mass is 79.9. The zero-order valence-corrected chi connectivity index (χ0v) is 10.8. The number of halogens is 2. The molecular weight excluding hydrogens is 296 g/mol. The molecular formula is C10H12Br2O. The first-order chi connectivity index (χ1) is 6.07. The van der Waals surface area contributed by atoms with Crippen molar-refractivity contribution in [1.82, 2.24) is 0 Å². The summed E-state index contributed by atoms with van der Waals surface area (Å²) in [6, 6.07) is 3.68. The maximum atomic E-state index is 9.40. The molecule has 0 aliphatic carbocycles. The lowest BCUT2D eigenvalue weighted by atomic mass is 9.99. The predicted octanol–water partition coefficient (Wildman–Crippen LogP) is 4.43. The van der Waals surface area contributed by atoms with Crippen LogP contribution in [-0.4, -0.2) is 5.11 Å². The fourth-order valence-electron chi connectivity index (χ4n) is 1.15. The fourth-order valence-corrected chi connectivity index (χ4v) is 2.24. The molecule has 1 N–H and O–H groups in total. The van der Waals surface area contributed by atoms with Gasteiger partial charge in [0.25, 0.3) is 0 Å². The van der Waals surface area contributed by atoms with E-state index in [-0.39, 0.29) is 5.75 Å². The van der Waals surface area contributed by atoms with Crippen LogP contribution in [-0.2, 0) is 0 Å². The summed E-state index contributed by atoms with van der Waals surface area (Å²) in [6.45, 7) is 4.32. The number of phenolic OH excluding ortho intramolecular Hbond substituents is 1. The molecule has 72 valence electrons. The zero-order valence-electron chi connectivity index (χ0n) is 7.64. The molecule has 0 amide bonds. The van der Waals surface area contributed by atoms with E-state index in [4.69, 9.17) is 0 Å². The van der Waals surface area contributed by atoms with Gasteiger partial charge in [0.05, 0.1) is 4.47 Å². The molecule has 1 atom stereocenters. The van der Waals surface area contributed by atoms with E-state index < -0.39 is 0 Å². The third kappa shape index (κ3) is 2.26. The normalized spacial score (nSPS) is 12.9. The van der Waals surface area contributed by atoms with Crippen LogP contribution < -0.4 is 0 Å². The molecule has 0 saturated carbocycles. The number of rotatable bonds is 2. The molecule has 1 rings (SSSR count). The average Bonchev–Trinajstić information content (AvgIpc) is 2.13. The molecule has 0 radical (unpaired) electrons. The van der Waals surface area contributed by atoms with Crippen molar-refractivity contribution in [3.05, 3.63) is 26.6 Å². The summed E-state index contributed by atoms with van der Waals surface area (Å²) in [6.07, 6.45) is 1.09. The van der Waals surface area contributed by atoms with Crippen LogP contribution >= 0.6 is 31.9 Å². The number of aromatic hydroxyl groups is 1. The lowest BCUT2D eigenvalue weighted by Crippen LogP contribution is -1.93. The third-order valence-electron chi connectivity index (χ3n) is 2.24. The van der Waals surface area contributed by atoms with Gasteiger partial charge in [-0.15, -0.1) is 0 Å². The van der Waals surface area contributed by atoms with Gasteiger partial charge >= 0.3 is 0 Å². The van der Waals surface area contributed by atoms with Crippen LogP contribution in [0.5, 0.6) is 5.75 Å². The van der Waals surface area contributed by atoms with Crippen LogP contribution in [0.25, 0.3) is 0 Å². The summed E-state index contributed by atoms with van der Waals surface area (Å²) in [4.78, 5) is 0. The van der Waals surface area contributed by atoms with E-state index in [9.17, 15) is 5.11 Å². The maximum Gasteiger partial charge on any atom is 0.130 e. The van der Waals surface area contributed by atoms with E-state index in [2.05, 4.69) is 45.7 Å². The monoisotopic (exact) mass is 306 g/mol. The standard InChI is InChI=1S/C10H12Br2O/c1-3-6(2)7-4-5-8(13)10(12)9(7)11/h4-6,13H,3H2,1-2H3. The summed E-state index contributed by atoms with van der Waals surface area (Å²) < 4.78 is 1.70. The summed E-state index contributed by atoms with van der Waals surface area (Å²) in [5, 5.41) is 9.40. The van der Waals surface area contributed by atoms with Gasteiger partial charge in [0, 0.05) is 4.47 Å². The molecule has 0 bridgehead atoms. The van der Waals surface area contributed by atoms with Crippen molar-refractivity contribution in [3.8, 4) is 5.75 Å². The van der Waals surface area contributed by atoms with E-state index >= 15 is 0 Å². The second-order valence-electron chi connectivity index (χ2n) is 3.11. The number of benzene rings is 1. The van der Waals surface area contributed by atoms with Crippen LogP contribution in [0.15, 0.2) is 21.1 Å². The van der Waals surface area contributed by atoms with Crippen molar-refractivity contribution in [2.45, 2.75) is 26.2 Å². The quantitative estimate of drug-likeness (QED) is 0.857. The second-order valence-corrected chi connectivity index (χ2v) is 4.70. The summed E-state index contributed by atoms with van der Waals surface area (Å²) >= 11 is 6.80. The van der Waals surface area contributed by atoms with Crippen LogP contribution in [0.2, 0.25) is 0 Å². The van der Waals surface area contributed by atoms with Crippen molar-refractivity contribution in [2.75, 3.05) is 0 Å². The lowest BCUT2D eigenvalue weighted by molar-refractivity contribution is 0.471. The molecule has 0 aliphatic heterocycles. The smallest absolute Gasteiger partial charge is 0.130 e. The molecule has 1 unspecified atom stereocenters. The van der Waals surface area contributed by atoms with Crippen LogP contribution in [0.1, 0.15) is 31.7 Å². The van der Waals surface area contributed by atoms with Crippen LogP contribution in [0.4, 0.5) is 0 Å². The van der Waals surface area contributed by atoms with Gasteiger partial charge in [-0.3, -0.25) is 0 Å². The van der Waals surface area contributed by atoms with E-state index in [1.807, 2.05) is 6.07 Å². The topological polar surface area (TPSA) is 20.2 Å². The minimum Gasteiger partial charge on any atom is -0.507 e. The van der Waals surface area contributed by atoms with E-state index in [0.29, 0.717) is 5.92 Å². The molecule has 0 spiro atoms. The van der Waals surface area contributed by atoms with Crippen LogP contribution in [0.3, 0.4) is 0 Å². The Labute approximate surface area is 95.4 Å². The molecule has 3 heteroatoms. The lowest BCUT2D eigenvalue weighted by Gasteiger charge is -2.13. The molecule has 0 aromatic heterocycles. The number of hydrogen-bond acceptors (Lipinski definition) is 1. The van der Waals surface area contributed by atoms with Crippen molar-refractivity contribution in [3.63, 3.8) is 0 Å². The SMILES string of the molecule is CCC(C)c1ccc(O)c(Br)c1Br. The fraction of sp³-hybridized carbons (Fsp3) is 0.400. The molecule has 1 nitrogen and oxygen atoms in total. The molecule has 1 aromatic rings. The van der Waals surface area contributed by atoms with Gasteiger partial charge in [-0.2, -0.15) is 0 Å². The van der Waals surface area contributed by atoms with Gasteiger partial charge < -0.3 is 5.11 Å². The largest absolute Gasteiger partial charge is 0.507 e. The second kappa shape index (κ2) is 4.47. The predicted molar refractivity (Wildman–Crippen MR) is 62.2 cm³/mol. The van der Waals surface area contributed by atoms with E-state index in [0.717, 1.165) is 15.4 Å². The van der Waals surface area contributed by atoms with Crippen molar-refractivity contribution in [1.29, 1.82) is 0 Å². The third-order valence-corrected chi connectivity index (χ3v) is 4.42. The Morgan fingerprint density at radius 2 is 1.92 bits per heavy atom. The molecule has 1 aromatic carbocycles. The van der Waals surface area contributed by atoms with Gasteiger partial charge in [-0.05, 0) is 55.8 Å². The first kappa shape index (κ1) is 11.1. The van der Waals surface area contributed by atoms with Gasteiger partial charge in [0.2, 0.25) is 0 Å². The van der Waals surface area contributed by atoms with Gasteiger partial charge in [-0.1, -0.05) is 19.9 Å². The molecule has 0 fully saturated rings. The van der Waals surface area contributed by atoms with Crippen LogP contribution in [0, 0.1) is 0 Å². The first-order valence-corrected chi connectivity index (χ1v) is 5.83. The Bertz CT molecular complexity index is 310. The maximum absolute atomic E-state index is 9.40. The number of phenols is 1. The van der Waals surface area contributed by atoms with E-state index in [1.54, 1.807) is 6.07 Å². The molecule has 0 heterocycles. The highest BCUT2D eigenvalue weighted by molar-refractivity contribution is 9.13. The highest BCUT2D eigenvalue weighted by Crippen LogP contribution is 2.38. The number of hydrogen-bond donors (Lipinski definition) is 1. The van der Waals surface area contributed by atoms with Gasteiger partial charge in [0.1, 0.15) is 5.75 Å². The van der Waals surface area contributed by atoms with Crippen molar-refractivity contribution < 1.29 is 5.11 Å². The Hall–Kier alpha value is -0.0200. The average molecular weight is 308 g/mol. The summed E-state index contributed by atoms with van der Waals surface area (Å²) in [7, 11) is 0. The molecule has 0 aliphatic rings. The first-order valence-electron chi connectivity index (χ1n) is 4.24. The van der Waals surface area contributed by atoms with Gasteiger partial charge in [-0.25, -0.2) is 0 Å². The summed E-state index contributed by atoms with van der Waals surface area (Å²) in [5.74, 6) is 0.783. The van der Waals surface area contributed by atoms with Crippen molar-refractivity contribution in [2.24, 2.45) is 0 Å². The minimum absolute atomic E-state index is 0.277. The van der Waals surface area contributed by atoms with Gasteiger partial charge in [0.15, 0.2) is 0 Å². The van der Waals surface area contributed by atoms with E-state index in [1.165, 1.54) is 5.56 Å². The Balaban J connectivity index is 3.18. The van der Waals surface area contributed by atoms with Crippen molar-refractivity contribution >= 4 is 31.9 Å². The Morgan fingerprint density at radius 1 is 1.31 bits per heavy atom. The Morgan fingerprint density at radius 3 is 2.46 bits per heavy atom.